The van der Waals surface area contributed by atoms with Crippen LogP contribution in [0.25, 0.3) is 0 Å². The SMILES string of the molecule is C[C@H](N)C(=O)N[C@@H](CCCNC(N)N)C(=O)N[C@H](C(=O)N[C@@H](CCCC[N+](C)(C)C)C(=O)N[C@@H](CCC(N)=O)C(=O)N[C@H](C(=O)N[C@@H](C)C(=O)N[C@@H](CCCNC(N)N)C(=O)N[C@@H](CCCCN)C(=O)N[C@@H](CO)C(=O)N[C@H](C=O)[C@@H](C)O)[C@@H](C)O)[C@@H](C)O. The summed E-state index contributed by atoms with van der Waals surface area (Å²) in [6, 6.07) is -16.5. The van der Waals surface area contributed by atoms with Crippen molar-refractivity contribution in [1.29, 1.82) is 0 Å². The van der Waals surface area contributed by atoms with Crippen molar-refractivity contribution in [2.24, 2.45) is 40.1 Å². The van der Waals surface area contributed by atoms with Gasteiger partial charge in [-0.05, 0) is 125 Å². The van der Waals surface area contributed by atoms with Crippen LogP contribution in [0.3, 0.4) is 0 Å². The van der Waals surface area contributed by atoms with Crippen molar-refractivity contribution in [2.75, 3.05) is 53.9 Å². The fourth-order valence-corrected chi connectivity index (χ4v) is 8.30. The van der Waals surface area contributed by atoms with Crippen LogP contribution in [0, 0.1) is 0 Å². The summed E-state index contributed by atoms with van der Waals surface area (Å²) in [5.41, 5.74) is 39.1. The van der Waals surface area contributed by atoms with Crippen LogP contribution in [0.2, 0.25) is 0 Å². The maximum Gasteiger partial charge on any atom is 0.245 e. The molecule has 0 spiro atoms. The smallest absolute Gasteiger partial charge is 0.245 e. The summed E-state index contributed by atoms with van der Waals surface area (Å²) in [7, 11) is 5.79. The molecule has 0 rings (SSSR count). The van der Waals surface area contributed by atoms with Crippen LogP contribution in [0.4, 0.5) is 0 Å². The Morgan fingerprint density at radius 3 is 1.17 bits per heavy atom. The normalized spacial score (nSPS) is 16.3. The Balaban J connectivity index is 6.85. The van der Waals surface area contributed by atoms with Gasteiger partial charge in [-0.15, -0.1) is 0 Å². The van der Waals surface area contributed by atoms with Crippen LogP contribution in [-0.4, -0.2) is 247 Å². The van der Waals surface area contributed by atoms with E-state index in [9.17, 15) is 78.0 Å². The number of primary amides is 1. The third-order valence-electron chi connectivity index (χ3n) is 13.5. The van der Waals surface area contributed by atoms with Gasteiger partial charge in [0.2, 0.25) is 65.0 Å². The van der Waals surface area contributed by atoms with Crippen LogP contribution >= 0.6 is 0 Å². The Morgan fingerprint density at radius 2 is 0.798 bits per heavy atom. The van der Waals surface area contributed by atoms with E-state index in [4.69, 9.17) is 40.1 Å². The number of hydrogen-bond donors (Lipinski definition) is 23. The Bertz CT molecular complexity index is 2260. The first-order valence-corrected chi connectivity index (χ1v) is 29.7. The van der Waals surface area contributed by atoms with Gasteiger partial charge in [0.25, 0.3) is 0 Å². The number of aldehydes is 1. The molecule has 0 radical (unpaired) electrons. The zero-order valence-corrected chi connectivity index (χ0v) is 52.5. The highest BCUT2D eigenvalue weighted by molar-refractivity contribution is 5.99. The Hall–Kier alpha value is -6.68. The number of nitrogens with one attached hydrogen (secondary N) is 12. The number of carbonyl (C=O) groups excluding carboxylic acids is 12. The summed E-state index contributed by atoms with van der Waals surface area (Å²) < 4.78 is 0.532. The highest BCUT2D eigenvalue weighted by Gasteiger charge is 2.37. The van der Waals surface area contributed by atoms with E-state index in [-0.39, 0.29) is 70.9 Å². The maximum atomic E-state index is 14.3. The second-order valence-electron chi connectivity index (χ2n) is 23.0. The fraction of sp³-hybridized carbons (Fsp3) is 0.774. The van der Waals surface area contributed by atoms with Crippen molar-refractivity contribution in [3.63, 3.8) is 0 Å². The van der Waals surface area contributed by atoms with Crippen molar-refractivity contribution in [2.45, 2.75) is 209 Å². The van der Waals surface area contributed by atoms with Crippen LogP contribution in [-0.2, 0) is 57.5 Å². The quantitative estimate of drug-likeness (QED) is 0.0116. The molecule has 0 bridgehead atoms. The van der Waals surface area contributed by atoms with Gasteiger partial charge in [0.1, 0.15) is 79.3 Å². The molecule has 30 N–H and O–H groups in total. The molecule has 0 aliphatic carbocycles. The van der Waals surface area contributed by atoms with Gasteiger partial charge in [-0.3, -0.25) is 63.4 Å². The number of aliphatic hydroxyl groups is 4. The molecule has 0 aromatic rings. The fourth-order valence-electron chi connectivity index (χ4n) is 8.30. The Labute approximate surface area is 519 Å². The molecule has 0 saturated heterocycles. The first-order valence-electron chi connectivity index (χ1n) is 29.7. The van der Waals surface area contributed by atoms with Crippen molar-refractivity contribution in [1.82, 2.24) is 63.8 Å². The lowest BCUT2D eigenvalue weighted by Crippen LogP contribution is -2.62. The molecule has 14 atom stereocenters. The predicted molar refractivity (Wildman–Crippen MR) is 324 cm³/mol. The van der Waals surface area contributed by atoms with Crippen LogP contribution in [0.15, 0.2) is 0 Å². The number of quaternary nitrogens is 1. The lowest BCUT2D eigenvalue weighted by atomic mass is 10.0. The molecular formula is C53H105N20O16+. The molecular weight excluding hydrogens is 1170 g/mol. The summed E-state index contributed by atoms with van der Waals surface area (Å²) in [5.74, 6) is -10.8. The monoisotopic (exact) mass is 1280 g/mol. The van der Waals surface area contributed by atoms with Gasteiger partial charge in [0.15, 0.2) is 0 Å². The number of nitrogens with zero attached hydrogens (tertiary/aromatic N) is 1. The number of carbonyl (C=O) groups is 12. The van der Waals surface area contributed by atoms with Crippen molar-refractivity contribution >= 4 is 71.3 Å². The molecule has 11 amide bonds. The Kier molecular flexibility index (Phi) is 39.9. The third-order valence-corrected chi connectivity index (χ3v) is 13.5. The lowest BCUT2D eigenvalue weighted by molar-refractivity contribution is -0.870. The van der Waals surface area contributed by atoms with Gasteiger partial charge < -0.3 is 123 Å². The number of unbranched alkanes of at least 4 members (excludes halogenated alkanes) is 2. The van der Waals surface area contributed by atoms with Crippen LogP contribution < -0.4 is 104 Å². The zero-order valence-electron chi connectivity index (χ0n) is 52.5. The highest BCUT2D eigenvalue weighted by Crippen LogP contribution is 2.11. The van der Waals surface area contributed by atoms with Crippen LogP contribution in [0.5, 0.6) is 0 Å². The molecule has 0 aromatic carbocycles. The van der Waals surface area contributed by atoms with E-state index in [0.717, 1.165) is 6.92 Å². The largest absolute Gasteiger partial charge is 0.394 e. The molecule has 36 nitrogen and oxygen atoms in total. The molecule has 0 aromatic heterocycles. The summed E-state index contributed by atoms with van der Waals surface area (Å²) in [6.45, 7) is 6.34. The maximum absolute atomic E-state index is 14.3. The third kappa shape index (κ3) is 34.8. The first kappa shape index (κ1) is 82.3. The van der Waals surface area contributed by atoms with Crippen molar-refractivity contribution in [3.05, 3.63) is 0 Å². The average molecular weight is 1280 g/mol. The first-order chi connectivity index (χ1) is 41.5. The second kappa shape index (κ2) is 43.1. The minimum atomic E-state index is -1.87. The number of hydrogen-bond acceptors (Lipinski definition) is 24. The average Bonchev–Trinajstić information content (AvgIpc) is 1.63. The molecule has 0 fully saturated rings. The summed E-state index contributed by atoms with van der Waals surface area (Å²) in [6.07, 6.45) is -5.55. The van der Waals surface area contributed by atoms with Gasteiger partial charge in [-0.1, -0.05) is 0 Å². The van der Waals surface area contributed by atoms with E-state index >= 15 is 0 Å². The molecule has 0 heterocycles. The van der Waals surface area contributed by atoms with Gasteiger partial charge in [0, 0.05) is 6.42 Å². The highest BCUT2D eigenvalue weighted by atomic mass is 16.3. The number of aliphatic hydroxyl groups excluding tert-OH is 4. The van der Waals surface area contributed by atoms with E-state index in [1.54, 1.807) is 0 Å². The van der Waals surface area contributed by atoms with Crippen molar-refractivity contribution < 1.29 is 82.4 Å². The molecule has 36 heteroatoms. The van der Waals surface area contributed by atoms with E-state index in [2.05, 4.69) is 63.8 Å². The van der Waals surface area contributed by atoms with E-state index in [1.807, 2.05) is 21.1 Å². The van der Waals surface area contributed by atoms with E-state index < -0.39 is 182 Å². The molecule has 0 unspecified atom stereocenters. The standard InChI is InChI=1S/C53H104N20O16/c1-27(55)42(80)64-35(18-14-23-62-53(59)60)47(85)72-41(31(5)78)51(89)68-33(16-10-12-24-73(6,7)8)44(82)67-36(19-20-39(56)79)48(86)71-40(30(4)77)50(88)63-28(2)43(81)65-34(17-13-22-61-52(57)58)45(83)66-32(15-9-11-21-54)46(84)70-38(26-75)49(87)69-37(25-74)29(3)76/h25,27-38,40-41,52-53,61-62,75-78H,9-24,26,54-55,57-60H2,1-8H3,(H11-,56,63,64,65,66,67,68,69,70,71,72,79,80,81,82,83,84,85,86,87,88,89)/p+1/t27-,28-,29+,30+,31+,32-,33-,34-,35-,36-,37+,38-,40-,41-/m0/s1. The minimum Gasteiger partial charge on any atom is -0.394 e. The van der Waals surface area contributed by atoms with Crippen molar-refractivity contribution in [3.8, 4) is 0 Å². The zero-order chi connectivity index (χ0) is 68.3. The number of rotatable bonds is 47. The molecule has 0 saturated carbocycles. The minimum absolute atomic E-state index is 0.00471. The lowest BCUT2D eigenvalue weighted by Gasteiger charge is -2.29. The molecule has 0 aliphatic heterocycles. The number of nitrogens with two attached hydrogens (primary N) is 7. The van der Waals surface area contributed by atoms with Gasteiger partial charge in [-0.25, -0.2) is 0 Å². The topological polar surface area (TPSA) is 612 Å². The Morgan fingerprint density at radius 1 is 0.438 bits per heavy atom. The van der Waals surface area contributed by atoms with Gasteiger partial charge >= 0.3 is 0 Å². The summed E-state index contributed by atoms with van der Waals surface area (Å²) >= 11 is 0. The van der Waals surface area contributed by atoms with E-state index in [0.29, 0.717) is 30.3 Å². The van der Waals surface area contributed by atoms with Gasteiger partial charge in [-0.2, -0.15) is 0 Å². The molecule has 512 valence electrons. The summed E-state index contributed by atoms with van der Waals surface area (Å²) in [4.78, 5) is 161. The molecule has 89 heavy (non-hydrogen) atoms. The molecule has 0 aliphatic rings. The van der Waals surface area contributed by atoms with Crippen LogP contribution in [0.1, 0.15) is 112 Å². The predicted octanol–water partition coefficient (Wildman–Crippen LogP) is -11.1. The summed E-state index contributed by atoms with van der Waals surface area (Å²) in [5, 5.41) is 71.1. The van der Waals surface area contributed by atoms with Gasteiger partial charge in [0.05, 0.1) is 58.6 Å². The second-order valence-corrected chi connectivity index (χ2v) is 23.0. The van der Waals surface area contributed by atoms with E-state index in [1.165, 1.54) is 27.7 Å². The number of amides is 11.